The molecular formula is C17H20N2O2. The monoisotopic (exact) mass is 284 g/mol. The second-order valence-corrected chi connectivity index (χ2v) is 6.65. The van der Waals surface area contributed by atoms with E-state index >= 15 is 0 Å². The lowest BCUT2D eigenvalue weighted by molar-refractivity contribution is -0.127. The molecule has 0 N–H and O–H groups in total. The van der Waals surface area contributed by atoms with Crippen LogP contribution in [0.1, 0.15) is 43.1 Å². The van der Waals surface area contributed by atoms with Gasteiger partial charge < -0.3 is 4.90 Å². The minimum Gasteiger partial charge on any atom is -0.335 e. The summed E-state index contributed by atoms with van der Waals surface area (Å²) >= 11 is 0. The number of benzene rings is 1. The number of nitriles is 1. The van der Waals surface area contributed by atoms with E-state index in [1.807, 2.05) is 6.07 Å². The highest BCUT2D eigenvalue weighted by atomic mass is 16.2. The molecule has 1 atom stereocenters. The number of rotatable bonds is 3. The van der Waals surface area contributed by atoms with Crippen molar-refractivity contribution in [1.82, 2.24) is 4.90 Å². The van der Waals surface area contributed by atoms with Crippen molar-refractivity contribution in [3.63, 3.8) is 0 Å². The van der Waals surface area contributed by atoms with Crippen LogP contribution in [-0.2, 0) is 4.79 Å². The van der Waals surface area contributed by atoms with E-state index in [-0.39, 0.29) is 23.7 Å². The minimum absolute atomic E-state index is 0.0527. The average Bonchev–Trinajstić information content (AvgIpc) is 2.80. The van der Waals surface area contributed by atoms with Crippen molar-refractivity contribution in [3.05, 3.63) is 35.4 Å². The summed E-state index contributed by atoms with van der Waals surface area (Å²) in [6, 6.07) is 8.55. The topological polar surface area (TPSA) is 61.2 Å². The van der Waals surface area contributed by atoms with Gasteiger partial charge in [-0.2, -0.15) is 5.26 Å². The number of carbonyl (C=O) groups excluding carboxylic acids is 2. The van der Waals surface area contributed by atoms with Gasteiger partial charge in [0.15, 0.2) is 5.78 Å². The van der Waals surface area contributed by atoms with Crippen LogP contribution in [0.3, 0.4) is 0 Å². The summed E-state index contributed by atoms with van der Waals surface area (Å²) in [4.78, 5) is 25.9. The van der Waals surface area contributed by atoms with Gasteiger partial charge >= 0.3 is 0 Å². The Morgan fingerprint density at radius 2 is 1.95 bits per heavy atom. The molecule has 1 aliphatic rings. The molecule has 0 radical (unpaired) electrons. The van der Waals surface area contributed by atoms with Crippen LogP contribution in [0, 0.1) is 22.7 Å². The van der Waals surface area contributed by atoms with Crippen LogP contribution in [-0.4, -0.2) is 29.7 Å². The quantitative estimate of drug-likeness (QED) is 0.802. The van der Waals surface area contributed by atoms with Crippen molar-refractivity contribution < 1.29 is 9.59 Å². The molecule has 1 aromatic carbocycles. The van der Waals surface area contributed by atoms with Gasteiger partial charge in [0.25, 0.3) is 0 Å². The molecule has 1 aliphatic heterocycles. The van der Waals surface area contributed by atoms with Crippen molar-refractivity contribution in [2.75, 3.05) is 13.1 Å². The maximum atomic E-state index is 12.2. The molecule has 1 unspecified atom stereocenters. The highest BCUT2D eigenvalue weighted by Gasteiger charge is 2.37. The van der Waals surface area contributed by atoms with E-state index in [0.29, 0.717) is 30.0 Å². The van der Waals surface area contributed by atoms with Crippen LogP contribution >= 0.6 is 0 Å². The molecule has 21 heavy (non-hydrogen) atoms. The van der Waals surface area contributed by atoms with E-state index in [9.17, 15) is 9.59 Å². The van der Waals surface area contributed by atoms with Crippen LogP contribution in [0.5, 0.6) is 0 Å². The zero-order chi connectivity index (χ0) is 15.6. The molecule has 1 saturated heterocycles. The Hall–Kier alpha value is -2.15. The fraction of sp³-hybridized carbons (Fsp3) is 0.471. The molecule has 0 aliphatic carbocycles. The fourth-order valence-corrected chi connectivity index (χ4v) is 2.50. The molecule has 0 aromatic heterocycles. The summed E-state index contributed by atoms with van der Waals surface area (Å²) in [6.45, 7) is 7.13. The minimum atomic E-state index is -0.0811. The molecule has 0 bridgehead atoms. The third kappa shape index (κ3) is 3.49. The third-order valence-corrected chi connectivity index (χ3v) is 4.11. The van der Waals surface area contributed by atoms with Crippen LogP contribution in [0.4, 0.5) is 0 Å². The lowest BCUT2D eigenvalue weighted by Gasteiger charge is -2.26. The van der Waals surface area contributed by atoms with Gasteiger partial charge in [-0.3, -0.25) is 9.59 Å². The molecule has 1 amide bonds. The number of Topliss-reactive ketones (excluding diaryl/α,β-unsaturated/α-hetero) is 1. The SMILES string of the molecule is CC(C)(C)C1CC(=O)N(CC(=O)c2ccc(C#N)cc2)C1. The van der Waals surface area contributed by atoms with Crippen molar-refractivity contribution >= 4 is 11.7 Å². The van der Waals surface area contributed by atoms with Gasteiger partial charge in [0, 0.05) is 18.5 Å². The van der Waals surface area contributed by atoms with Gasteiger partial charge in [-0.15, -0.1) is 0 Å². The first-order valence-electron chi connectivity index (χ1n) is 7.12. The zero-order valence-electron chi connectivity index (χ0n) is 12.7. The summed E-state index contributed by atoms with van der Waals surface area (Å²) in [5.74, 6) is 0.262. The van der Waals surface area contributed by atoms with Crippen LogP contribution in [0.15, 0.2) is 24.3 Å². The summed E-state index contributed by atoms with van der Waals surface area (Å²) in [5.41, 5.74) is 1.14. The van der Waals surface area contributed by atoms with E-state index in [0.717, 1.165) is 0 Å². The van der Waals surface area contributed by atoms with Gasteiger partial charge in [0.05, 0.1) is 18.2 Å². The number of carbonyl (C=O) groups is 2. The molecule has 4 heteroatoms. The Morgan fingerprint density at radius 3 is 2.43 bits per heavy atom. The number of likely N-dealkylation sites (tertiary alicyclic amines) is 1. The van der Waals surface area contributed by atoms with Crippen molar-refractivity contribution in [2.24, 2.45) is 11.3 Å². The maximum absolute atomic E-state index is 12.2. The summed E-state index contributed by atoms with van der Waals surface area (Å²) in [7, 11) is 0. The second kappa shape index (κ2) is 5.69. The highest BCUT2D eigenvalue weighted by Crippen LogP contribution is 2.34. The smallest absolute Gasteiger partial charge is 0.223 e. The molecule has 0 spiro atoms. The number of hydrogen-bond donors (Lipinski definition) is 0. The fourth-order valence-electron chi connectivity index (χ4n) is 2.50. The first-order chi connectivity index (χ1) is 9.81. The lowest BCUT2D eigenvalue weighted by atomic mass is 9.80. The number of amides is 1. The first kappa shape index (κ1) is 15.2. The highest BCUT2D eigenvalue weighted by molar-refractivity contribution is 5.99. The van der Waals surface area contributed by atoms with Gasteiger partial charge in [-0.1, -0.05) is 32.9 Å². The Morgan fingerprint density at radius 1 is 1.33 bits per heavy atom. The van der Waals surface area contributed by atoms with Gasteiger partial charge in [0.2, 0.25) is 5.91 Å². The summed E-state index contributed by atoms with van der Waals surface area (Å²) in [5, 5.41) is 8.75. The Kier molecular flexibility index (Phi) is 4.13. The van der Waals surface area contributed by atoms with Gasteiger partial charge in [-0.25, -0.2) is 0 Å². The summed E-state index contributed by atoms with van der Waals surface area (Å²) in [6.07, 6.45) is 0.518. The molecule has 1 heterocycles. The largest absolute Gasteiger partial charge is 0.335 e. The van der Waals surface area contributed by atoms with Crippen LogP contribution in [0.2, 0.25) is 0 Å². The van der Waals surface area contributed by atoms with E-state index in [4.69, 9.17) is 5.26 Å². The Labute approximate surface area is 125 Å². The average molecular weight is 284 g/mol. The lowest BCUT2D eigenvalue weighted by Crippen LogP contribution is -2.32. The predicted molar refractivity (Wildman–Crippen MR) is 79.6 cm³/mol. The third-order valence-electron chi connectivity index (χ3n) is 4.11. The first-order valence-corrected chi connectivity index (χ1v) is 7.12. The van der Waals surface area contributed by atoms with E-state index in [1.165, 1.54) is 0 Å². The zero-order valence-corrected chi connectivity index (χ0v) is 12.7. The van der Waals surface area contributed by atoms with E-state index in [2.05, 4.69) is 20.8 Å². The van der Waals surface area contributed by atoms with Crippen molar-refractivity contribution in [2.45, 2.75) is 27.2 Å². The number of ketones is 1. The van der Waals surface area contributed by atoms with Crippen molar-refractivity contribution in [1.29, 1.82) is 5.26 Å². The maximum Gasteiger partial charge on any atom is 0.223 e. The number of nitrogens with zero attached hydrogens (tertiary/aromatic N) is 2. The van der Waals surface area contributed by atoms with E-state index < -0.39 is 0 Å². The van der Waals surface area contributed by atoms with Crippen LogP contribution in [0.25, 0.3) is 0 Å². The van der Waals surface area contributed by atoms with Crippen LogP contribution < -0.4 is 0 Å². The molecule has 0 saturated carbocycles. The molecule has 2 rings (SSSR count). The molecule has 1 fully saturated rings. The Balaban J connectivity index is 2.03. The van der Waals surface area contributed by atoms with Gasteiger partial charge in [-0.05, 0) is 23.5 Å². The molecule has 110 valence electrons. The number of hydrogen-bond acceptors (Lipinski definition) is 3. The predicted octanol–water partition coefficient (Wildman–Crippen LogP) is 2.64. The standard InChI is InChI=1S/C17H20N2O2/c1-17(2,3)14-8-16(21)19(10-14)11-15(20)13-6-4-12(9-18)5-7-13/h4-7,14H,8,10-11H2,1-3H3. The van der Waals surface area contributed by atoms with Crippen molar-refractivity contribution in [3.8, 4) is 6.07 Å². The second-order valence-electron chi connectivity index (χ2n) is 6.65. The van der Waals surface area contributed by atoms with Gasteiger partial charge in [0.1, 0.15) is 0 Å². The molecular weight excluding hydrogens is 264 g/mol. The molecule has 1 aromatic rings. The van der Waals surface area contributed by atoms with E-state index in [1.54, 1.807) is 29.2 Å². The normalized spacial score (nSPS) is 18.7. The Bertz CT molecular complexity index is 591. The molecule has 4 nitrogen and oxygen atoms in total. The summed E-state index contributed by atoms with van der Waals surface area (Å²) < 4.78 is 0.